The standard InChI is InChI=1S/C14H21BrN2O/c1-16-9-14(6-3-7-14)10-17-11-4-5-13(18-2)12(15)8-11/h4-5,8,16-17H,3,6-7,9-10H2,1-2H3. The highest BCUT2D eigenvalue weighted by molar-refractivity contribution is 9.10. The van der Waals surface area contributed by atoms with Crippen molar-refractivity contribution in [3.8, 4) is 5.75 Å². The Balaban J connectivity index is 1.95. The summed E-state index contributed by atoms with van der Waals surface area (Å²) in [5.41, 5.74) is 1.59. The first-order valence-electron chi connectivity index (χ1n) is 6.41. The van der Waals surface area contributed by atoms with E-state index in [2.05, 4.69) is 38.7 Å². The van der Waals surface area contributed by atoms with Crippen LogP contribution in [-0.2, 0) is 0 Å². The molecule has 0 heterocycles. The fourth-order valence-corrected chi connectivity index (χ4v) is 3.07. The maximum Gasteiger partial charge on any atom is 0.133 e. The van der Waals surface area contributed by atoms with Crippen LogP contribution in [0.5, 0.6) is 5.75 Å². The lowest BCUT2D eigenvalue weighted by molar-refractivity contribution is 0.151. The topological polar surface area (TPSA) is 33.3 Å². The number of ether oxygens (including phenoxy) is 1. The average molecular weight is 313 g/mol. The summed E-state index contributed by atoms with van der Waals surface area (Å²) in [5, 5.41) is 6.85. The molecule has 0 atom stereocenters. The van der Waals surface area contributed by atoms with Crippen molar-refractivity contribution in [1.82, 2.24) is 5.32 Å². The summed E-state index contributed by atoms with van der Waals surface area (Å²) in [6, 6.07) is 6.12. The minimum atomic E-state index is 0.446. The maximum atomic E-state index is 5.23. The molecule has 100 valence electrons. The van der Waals surface area contributed by atoms with Gasteiger partial charge in [0.15, 0.2) is 0 Å². The van der Waals surface area contributed by atoms with E-state index < -0.39 is 0 Å². The first-order valence-corrected chi connectivity index (χ1v) is 7.20. The molecule has 0 bridgehead atoms. The Labute approximate surface area is 117 Å². The number of methoxy groups -OCH3 is 1. The number of halogens is 1. The van der Waals surface area contributed by atoms with Crippen LogP contribution in [0.15, 0.2) is 22.7 Å². The van der Waals surface area contributed by atoms with Crippen LogP contribution in [0.25, 0.3) is 0 Å². The zero-order valence-corrected chi connectivity index (χ0v) is 12.6. The van der Waals surface area contributed by atoms with Crippen molar-refractivity contribution >= 4 is 21.6 Å². The molecule has 0 radical (unpaired) electrons. The third-order valence-electron chi connectivity index (χ3n) is 3.79. The van der Waals surface area contributed by atoms with E-state index in [1.807, 2.05) is 13.1 Å². The summed E-state index contributed by atoms with van der Waals surface area (Å²) < 4.78 is 6.22. The van der Waals surface area contributed by atoms with Crippen LogP contribution in [0.2, 0.25) is 0 Å². The van der Waals surface area contributed by atoms with E-state index in [-0.39, 0.29) is 0 Å². The lowest BCUT2D eigenvalue weighted by Crippen LogP contribution is -2.44. The van der Waals surface area contributed by atoms with Gasteiger partial charge in [0.2, 0.25) is 0 Å². The minimum Gasteiger partial charge on any atom is -0.496 e. The van der Waals surface area contributed by atoms with Gasteiger partial charge in [-0.1, -0.05) is 6.42 Å². The smallest absolute Gasteiger partial charge is 0.133 e. The van der Waals surface area contributed by atoms with Crippen molar-refractivity contribution in [2.24, 2.45) is 5.41 Å². The van der Waals surface area contributed by atoms with Gasteiger partial charge < -0.3 is 15.4 Å². The molecule has 1 aromatic rings. The van der Waals surface area contributed by atoms with Crippen LogP contribution in [0, 0.1) is 5.41 Å². The molecule has 1 aromatic carbocycles. The second-order valence-electron chi connectivity index (χ2n) is 5.09. The molecule has 2 rings (SSSR count). The second kappa shape index (κ2) is 5.93. The summed E-state index contributed by atoms with van der Waals surface area (Å²) in [6.45, 7) is 2.13. The molecule has 4 heteroatoms. The van der Waals surface area contributed by atoms with Gasteiger partial charge in [0.1, 0.15) is 5.75 Å². The number of hydrogen-bond donors (Lipinski definition) is 2. The van der Waals surface area contributed by atoms with E-state index in [9.17, 15) is 0 Å². The Morgan fingerprint density at radius 2 is 2.11 bits per heavy atom. The minimum absolute atomic E-state index is 0.446. The molecule has 2 N–H and O–H groups in total. The van der Waals surface area contributed by atoms with Crippen molar-refractivity contribution in [3.05, 3.63) is 22.7 Å². The first-order chi connectivity index (χ1) is 8.69. The quantitative estimate of drug-likeness (QED) is 0.846. The van der Waals surface area contributed by atoms with Crippen LogP contribution < -0.4 is 15.4 Å². The molecule has 0 aromatic heterocycles. The van der Waals surface area contributed by atoms with Crippen molar-refractivity contribution in [3.63, 3.8) is 0 Å². The molecule has 1 saturated carbocycles. The van der Waals surface area contributed by atoms with E-state index >= 15 is 0 Å². The Morgan fingerprint density at radius 3 is 2.61 bits per heavy atom. The first kappa shape index (κ1) is 13.7. The molecular formula is C14H21BrN2O. The Kier molecular flexibility index (Phi) is 4.51. The van der Waals surface area contributed by atoms with Crippen LogP contribution in [0.3, 0.4) is 0 Å². The van der Waals surface area contributed by atoms with Crippen molar-refractivity contribution < 1.29 is 4.74 Å². The van der Waals surface area contributed by atoms with Crippen LogP contribution in [0.4, 0.5) is 5.69 Å². The highest BCUT2D eigenvalue weighted by Gasteiger charge is 2.35. The fourth-order valence-electron chi connectivity index (χ4n) is 2.53. The maximum absolute atomic E-state index is 5.23. The summed E-state index contributed by atoms with van der Waals surface area (Å²) in [6.07, 6.45) is 3.99. The second-order valence-corrected chi connectivity index (χ2v) is 5.94. The number of nitrogens with one attached hydrogen (secondary N) is 2. The molecule has 3 nitrogen and oxygen atoms in total. The molecular weight excluding hydrogens is 292 g/mol. The normalized spacial score (nSPS) is 17.1. The average Bonchev–Trinajstić information content (AvgIpc) is 2.32. The van der Waals surface area contributed by atoms with E-state index in [1.165, 1.54) is 19.3 Å². The summed E-state index contributed by atoms with van der Waals surface area (Å²) in [4.78, 5) is 0. The largest absolute Gasteiger partial charge is 0.496 e. The molecule has 1 fully saturated rings. The molecule has 0 saturated heterocycles. The van der Waals surface area contributed by atoms with Gasteiger partial charge in [-0.2, -0.15) is 0 Å². The van der Waals surface area contributed by atoms with Crippen LogP contribution >= 0.6 is 15.9 Å². The van der Waals surface area contributed by atoms with Gasteiger partial charge >= 0.3 is 0 Å². The molecule has 0 spiro atoms. The van der Waals surface area contributed by atoms with Crippen LogP contribution in [0.1, 0.15) is 19.3 Å². The van der Waals surface area contributed by atoms with Gasteiger partial charge in [-0.15, -0.1) is 0 Å². The van der Waals surface area contributed by atoms with E-state index in [0.29, 0.717) is 5.41 Å². The molecule has 1 aliphatic rings. The fraction of sp³-hybridized carbons (Fsp3) is 0.571. The molecule has 0 aliphatic heterocycles. The van der Waals surface area contributed by atoms with Gasteiger partial charge in [-0.3, -0.25) is 0 Å². The SMILES string of the molecule is CNCC1(CNc2ccc(OC)c(Br)c2)CCC1. The zero-order valence-electron chi connectivity index (χ0n) is 11.1. The number of benzene rings is 1. The van der Waals surface area contributed by atoms with Crippen molar-refractivity contribution in [2.45, 2.75) is 19.3 Å². The Bertz CT molecular complexity index is 405. The third-order valence-corrected chi connectivity index (χ3v) is 4.41. The number of hydrogen-bond acceptors (Lipinski definition) is 3. The number of rotatable bonds is 6. The monoisotopic (exact) mass is 312 g/mol. The van der Waals surface area contributed by atoms with E-state index in [0.717, 1.165) is 29.0 Å². The highest BCUT2D eigenvalue weighted by atomic mass is 79.9. The third kappa shape index (κ3) is 2.98. The van der Waals surface area contributed by atoms with E-state index in [1.54, 1.807) is 7.11 Å². The Hall–Kier alpha value is -0.740. The van der Waals surface area contributed by atoms with Gasteiger partial charge in [-0.25, -0.2) is 0 Å². The number of anilines is 1. The lowest BCUT2D eigenvalue weighted by Gasteiger charge is -2.42. The summed E-state index contributed by atoms with van der Waals surface area (Å²) in [7, 11) is 3.72. The molecule has 0 unspecified atom stereocenters. The molecule has 1 aliphatic carbocycles. The summed E-state index contributed by atoms with van der Waals surface area (Å²) in [5.74, 6) is 0.870. The van der Waals surface area contributed by atoms with Gasteiger partial charge in [0.05, 0.1) is 11.6 Å². The zero-order chi connectivity index (χ0) is 13.0. The van der Waals surface area contributed by atoms with Crippen molar-refractivity contribution in [1.29, 1.82) is 0 Å². The highest BCUT2D eigenvalue weighted by Crippen LogP contribution is 2.40. The van der Waals surface area contributed by atoms with Gasteiger partial charge in [0.25, 0.3) is 0 Å². The van der Waals surface area contributed by atoms with Crippen molar-refractivity contribution in [2.75, 3.05) is 32.6 Å². The molecule has 18 heavy (non-hydrogen) atoms. The Morgan fingerprint density at radius 1 is 1.33 bits per heavy atom. The van der Waals surface area contributed by atoms with Gasteiger partial charge in [0, 0.05) is 24.2 Å². The lowest BCUT2D eigenvalue weighted by atomic mass is 9.68. The summed E-state index contributed by atoms with van der Waals surface area (Å²) >= 11 is 3.51. The van der Waals surface area contributed by atoms with E-state index in [4.69, 9.17) is 4.74 Å². The molecule has 0 amide bonds. The van der Waals surface area contributed by atoms with Gasteiger partial charge in [-0.05, 0) is 54.0 Å². The van der Waals surface area contributed by atoms with Crippen LogP contribution in [-0.4, -0.2) is 27.2 Å². The predicted molar refractivity (Wildman–Crippen MR) is 79.4 cm³/mol. The predicted octanol–water partition coefficient (Wildman–Crippen LogP) is 3.26.